The zero-order valence-corrected chi connectivity index (χ0v) is 12.5. The third kappa shape index (κ3) is 3.10. The van der Waals surface area contributed by atoms with Crippen molar-refractivity contribution < 1.29 is 0 Å². The van der Waals surface area contributed by atoms with Gasteiger partial charge in [-0.05, 0) is 31.0 Å². The highest BCUT2D eigenvalue weighted by Gasteiger charge is 2.18. The van der Waals surface area contributed by atoms with Gasteiger partial charge >= 0.3 is 5.69 Å². The fraction of sp³-hybridized carbons (Fsp3) is 0.600. The minimum atomic E-state index is -0.0628. The highest BCUT2D eigenvalue weighted by Crippen LogP contribution is 2.09. The summed E-state index contributed by atoms with van der Waals surface area (Å²) in [5, 5.41) is 7.94. The Morgan fingerprint density at radius 1 is 1.35 bits per heavy atom. The van der Waals surface area contributed by atoms with Crippen LogP contribution in [0.1, 0.15) is 33.6 Å². The molecule has 2 aromatic heterocycles. The lowest BCUT2D eigenvalue weighted by Crippen LogP contribution is -2.41. The Kier molecular flexibility index (Phi) is 4.95. The molecule has 0 aliphatic carbocycles. The Balaban J connectivity index is 2.23. The molecule has 0 aliphatic heterocycles. The smallest absolute Gasteiger partial charge is 0.312 e. The normalized spacial score (nSPS) is 14.6. The van der Waals surface area contributed by atoms with Crippen LogP contribution in [0.15, 0.2) is 29.2 Å². The third-order valence-corrected chi connectivity index (χ3v) is 3.85. The molecule has 0 saturated heterocycles. The molecule has 0 fully saturated rings. The fourth-order valence-electron chi connectivity index (χ4n) is 2.33. The van der Waals surface area contributed by atoms with Gasteiger partial charge in [-0.25, -0.2) is 9.48 Å². The zero-order valence-electron chi connectivity index (χ0n) is 12.5. The van der Waals surface area contributed by atoms with Crippen molar-refractivity contribution in [3.8, 4) is 0 Å². The van der Waals surface area contributed by atoms with Gasteiger partial charge in [0.1, 0.15) is 0 Å². The van der Waals surface area contributed by atoms with Gasteiger partial charge in [-0.3, -0.25) is 4.40 Å². The van der Waals surface area contributed by atoms with Gasteiger partial charge in [-0.15, -0.1) is 5.10 Å². The summed E-state index contributed by atoms with van der Waals surface area (Å²) in [7, 11) is 0. The number of hydrogen-bond acceptors (Lipinski definition) is 3. The van der Waals surface area contributed by atoms with Gasteiger partial charge in [0.15, 0.2) is 5.65 Å². The minimum Gasteiger partial charge on any atom is -0.312 e. The lowest BCUT2D eigenvalue weighted by Gasteiger charge is -2.23. The molecule has 2 heterocycles. The van der Waals surface area contributed by atoms with Crippen molar-refractivity contribution in [2.45, 2.75) is 46.2 Å². The van der Waals surface area contributed by atoms with Crippen molar-refractivity contribution in [2.24, 2.45) is 5.92 Å². The van der Waals surface area contributed by atoms with Crippen LogP contribution >= 0.6 is 0 Å². The molecule has 2 atom stereocenters. The van der Waals surface area contributed by atoms with Gasteiger partial charge in [0, 0.05) is 12.2 Å². The standard InChI is InChI=1S/C15H24N4O/c1-4-9-16-13(12(3)5-2)11-19-15(20)18-10-7-6-8-14(18)17-19/h6-8,10,12-13,16H,4-5,9,11H2,1-3H3. The molecule has 2 unspecified atom stereocenters. The summed E-state index contributed by atoms with van der Waals surface area (Å²) < 4.78 is 3.17. The van der Waals surface area contributed by atoms with Crippen LogP contribution in [-0.4, -0.2) is 26.8 Å². The topological polar surface area (TPSA) is 51.3 Å². The molecule has 110 valence electrons. The summed E-state index contributed by atoms with van der Waals surface area (Å²) in [6.45, 7) is 8.14. The second-order valence-electron chi connectivity index (χ2n) is 5.34. The molecule has 0 aromatic carbocycles. The van der Waals surface area contributed by atoms with E-state index in [9.17, 15) is 4.79 Å². The Morgan fingerprint density at radius 2 is 2.15 bits per heavy atom. The predicted molar refractivity (Wildman–Crippen MR) is 81.0 cm³/mol. The molecule has 0 spiro atoms. The molecule has 0 bridgehead atoms. The van der Waals surface area contributed by atoms with Crippen LogP contribution in [0, 0.1) is 5.92 Å². The highest BCUT2D eigenvalue weighted by atomic mass is 16.2. The summed E-state index contributed by atoms with van der Waals surface area (Å²) in [5.74, 6) is 0.512. The van der Waals surface area contributed by atoms with Crippen molar-refractivity contribution in [3.05, 3.63) is 34.9 Å². The molecule has 1 N–H and O–H groups in total. The van der Waals surface area contributed by atoms with Crippen molar-refractivity contribution in [3.63, 3.8) is 0 Å². The average Bonchev–Trinajstić information content (AvgIpc) is 2.79. The first-order chi connectivity index (χ1) is 9.67. The quantitative estimate of drug-likeness (QED) is 0.840. The van der Waals surface area contributed by atoms with Gasteiger partial charge < -0.3 is 5.32 Å². The van der Waals surface area contributed by atoms with E-state index in [4.69, 9.17) is 0 Å². The maximum absolute atomic E-state index is 12.3. The Labute approximate surface area is 119 Å². The van der Waals surface area contributed by atoms with E-state index in [2.05, 4.69) is 31.2 Å². The van der Waals surface area contributed by atoms with Crippen LogP contribution in [0.2, 0.25) is 0 Å². The van der Waals surface area contributed by atoms with Crippen molar-refractivity contribution >= 4 is 5.65 Å². The number of rotatable bonds is 7. The van der Waals surface area contributed by atoms with E-state index in [0.29, 0.717) is 18.1 Å². The number of fused-ring (bicyclic) bond motifs is 1. The molecule has 20 heavy (non-hydrogen) atoms. The van der Waals surface area contributed by atoms with Crippen LogP contribution in [-0.2, 0) is 6.54 Å². The largest absolute Gasteiger partial charge is 0.350 e. The summed E-state index contributed by atoms with van der Waals surface area (Å²) in [6.07, 6.45) is 3.94. The van der Waals surface area contributed by atoms with E-state index < -0.39 is 0 Å². The Morgan fingerprint density at radius 3 is 2.80 bits per heavy atom. The first-order valence-electron chi connectivity index (χ1n) is 7.45. The van der Waals surface area contributed by atoms with Gasteiger partial charge in [-0.2, -0.15) is 0 Å². The van der Waals surface area contributed by atoms with E-state index in [-0.39, 0.29) is 11.7 Å². The number of nitrogens with one attached hydrogen (secondary N) is 1. The van der Waals surface area contributed by atoms with E-state index >= 15 is 0 Å². The van der Waals surface area contributed by atoms with Gasteiger partial charge in [0.25, 0.3) is 0 Å². The number of pyridine rings is 1. The minimum absolute atomic E-state index is 0.0628. The maximum Gasteiger partial charge on any atom is 0.350 e. The molecule has 0 aliphatic rings. The molecule has 2 aromatic rings. The predicted octanol–water partition coefficient (Wildman–Crippen LogP) is 1.91. The summed E-state index contributed by atoms with van der Waals surface area (Å²) in [4.78, 5) is 12.3. The number of hydrogen-bond donors (Lipinski definition) is 1. The summed E-state index contributed by atoms with van der Waals surface area (Å²) >= 11 is 0. The van der Waals surface area contributed by atoms with Crippen LogP contribution in [0.3, 0.4) is 0 Å². The second-order valence-corrected chi connectivity index (χ2v) is 5.34. The zero-order chi connectivity index (χ0) is 14.5. The number of aromatic nitrogens is 3. The van der Waals surface area contributed by atoms with Gasteiger partial charge in [0.2, 0.25) is 0 Å². The molecule has 2 rings (SSSR count). The van der Waals surface area contributed by atoms with Gasteiger partial charge in [0.05, 0.1) is 6.54 Å². The fourth-order valence-corrected chi connectivity index (χ4v) is 2.33. The van der Waals surface area contributed by atoms with Crippen LogP contribution in [0.4, 0.5) is 0 Å². The van der Waals surface area contributed by atoms with Crippen LogP contribution < -0.4 is 11.0 Å². The monoisotopic (exact) mass is 276 g/mol. The van der Waals surface area contributed by atoms with Crippen LogP contribution in [0.25, 0.3) is 5.65 Å². The molecular weight excluding hydrogens is 252 g/mol. The third-order valence-electron chi connectivity index (χ3n) is 3.85. The Hall–Kier alpha value is -1.62. The molecule has 0 radical (unpaired) electrons. The summed E-state index contributed by atoms with van der Waals surface area (Å²) in [6, 6.07) is 5.88. The van der Waals surface area contributed by atoms with E-state index in [1.165, 1.54) is 0 Å². The van der Waals surface area contributed by atoms with Crippen molar-refractivity contribution in [1.29, 1.82) is 0 Å². The number of nitrogens with zero attached hydrogens (tertiary/aromatic N) is 3. The van der Waals surface area contributed by atoms with Crippen molar-refractivity contribution in [1.82, 2.24) is 19.5 Å². The molecular formula is C15H24N4O. The van der Waals surface area contributed by atoms with E-state index in [0.717, 1.165) is 19.4 Å². The second kappa shape index (κ2) is 6.70. The van der Waals surface area contributed by atoms with Crippen LogP contribution in [0.5, 0.6) is 0 Å². The highest BCUT2D eigenvalue weighted by molar-refractivity contribution is 5.35. The molecule has 5 heteroatoms. The molecule has 0 amide bonds. The first-order valence-corrected chi connectivity index (χ1v) is 7.45. The van der Waals surface area contributed by atoms with E-state index in [1.54, 1.807) is 15.3 Å². The first kappa shape index (κ1) is 14.8. The van der Waals surface area contributed by atoms with Gasteiger partial charge in [-0.1, -0.05) is 33.3 Å². The molecule has 5 nitrogen and oxygen atoms in total. The Bertz CT molecular complexity index is 601. The lowest BCUT2D eigenvalue weighted by atomic mass is 9.99. The van der Waals surface area contributed by atoms with E-state index in [1.807, 2.05) is 18.2 Å². The van der Waals surface area contributed by atoms with Crippen molar-refractivity contribution in [2.75, 3.05) is 6.54 Å². The lowest BCUT2D eigenvalue weighted by molar-refractivity contribution is 0.316. The summed E-state index contributed by atoms with van der Waals surface area (Å²) in [5.41, 5.74) is 0.642. The average molecular weight is 276 g/mol. The molecule has 0 saturated carbocycles. The maximum atomic E-state index is 12.3. The SMILES string of the molecule is CCCNC(Cn1nc2ccccn2c1=O)C(C)CC.